The maximum atomic E-state index is 13.9. The van der Waals surface area contributed by atoms with Crippen molar-refractivity contribution < 1.29 is 13.5 Å². The average Bonchev–Trinajstić information content (AvgIpc) is 2.42. The molecule has 0 amide bonds. The summed E-state index contributed by atoms with van der Waals surface area (Å²) in [4.78, 5) is 0. The van der Waals surface area contributed by atoms with Crippen molar-refractivity contribution >= 4 is 0 Å². The van der Waals surface area contributed by atoms with Gasteiger partial charge in [-0.1, -0.05) is 26.0 Å². The average molecular weight is 271 g/mol. The van der Waals surface area contributed by atoms with Gasteiger partial charge in [0.15, 0.2) is 11.6 Å². The monoisotopic (exact) mass is 271 g/mol. The first-order valence-corrected chi connectivity index (χ1v) is 6.94. The molecule has 2 unspecified atom stereocenters. The van der Waals surface area contributed by atoms with Gasteiger partial charge >= 0.3 is 0 Å². The Morgan fingerprint density at radius 2 is 1.95 bits per heavy atom. The second-order valence-electron chi connectivity index (χ2n) is 4.48. The lowest BCUT2D eigenvalue weighted by Crippen LogP contribution is -2.35. The highest BCUT2D eigenvalue weighted by Crippen LogP contribution is 2.25. The second-order valence-corrected chi connectivity index (χ2v) is 4.48. The first-order valence-electron chi connectivity index (χ1n) is 6.94. The molecule has 0 radical (unpaired) electrons. The van der Waals surface area contributed by atoms with E-state index in [4.69, 9.17) is 4.74 Å². The highest BCUT2D eigenvalue weighted by atomic mass is 19.2. The van der Waals surface area contributed by atoms with Gasteiger partial charge in [-0.05, 0) is 32.4 Å². The number of hydrogen-bond acceptors (Lipinski definition) is 2. The van der Waals surface area contributed by atoms with Crippen LogP contribution in [0.4, 0.5) is 8.78 Å². The summed E-state index contributed by atoms with van der Waals surface area (Å²) in [5, 5.41) is 3.26. The lowest BCUT2D eigenvalue weighted by molar-refractivity contribution is 0.0304. The molecule has 0 aromatic heterocycles. The van der Waals surface area contributed by atoms with Crippen molar-refractivity contribution in [3.8, 4) is 0 Å². The standard InChI is InChI=1S/C15H23F2NO/c1-4-10-18-15(13(5-2)19-6-3)11-8-7-9-12(16)14(11)17/h7-9,13,15,18H,4-6,10H2,1-3H3. The summed E-state index contributed by atoms with van der Waals surface area (Å²) in [6.07, 6.45) is 1.51. The molecule has 0 aliphatic heterocycles. The zero-order valence-electron chi connectivity index (χ0n) is 11.9. The van der Waals surface area contributed by atoms with Crippen molar-refractivity contribution in [2.24, 2.45) is 0 Å². The highest BCUT2D eigenvalue weighted by molar-refractivity contribution is 5.23. The zero-order chi connectivity index (χ0) is 14.3. The Morgan fingerprint density at radius 3 is 2.53 bits per heavy atom. The molecule has 1 N–H and O–H groups in total. The van der Waals surface area contributed by atoms with Crippen molar-refractivity contribution in [2.45, 2.75) is 45.8 Å². The highest BCUT2D eigenvalue weighted by Gasteiger charge is 2.25. The maximum Gasteiger partial charge on any atom is 0.163 e. The minimum absolute atomic E-state index is 0.159. The molecule has 4 heteroatoms. The van der Waals surface area contributed by atoms with Gasteiger partial charge < -0.3 is 10.1 Å². The normalized spacial score (nSPS) is 14.4. The number of nitrogens with one attached hydrogen (secondary N) is 1. The van der Waals surface area contributed by atoms with Crippen LogP contribution in [0.25, 0.3) is 0 Å². The van der Waals surface area contributed by atoms with Gasteiger partial charge in [-0.3, -0.25) is 0 Å². The van der Waals surface area contributed by atoms with E-state index >= 15 is 0 Å². The number of halogens is 2. The van der Waals surface area contributed by atoms with Crippen LogP contribution in [0.5, 0.6) is 0 Å². The molecule has 2 nitrogen and oxygen atoms in total. The first-order chi connectivity index (χ1) is 9.15. The van der Waals surface area contributed by atoms with Crippen LogP contribution in [-0.4, -0.2) is 19.3 Å². The molecule has 2 atom stereocenters. The van der Waals surface area contributed by atoms with E-state index in [9.17, 15) is 8.78 Å². The van der Waals surface area contributed by atoms with E-state index < -0.39 is 11.6 Å². The minimum atomic E-state index is -0.813. The lowest BCUT2D eigenvalue weighted by Gasteiger charge is -2.28. The zero-order valence-corrected chi connectivity index (χ0v) is 11.9. The number of ether oxygens (including phenoxy) is 1. The molecule has 1 rings (SSSR count). The Bertz CT molecular complexity index is 384. The molecule has 0 aliphatic rings. The number of hydrogen-bond donors (Lipinski definition) is 1. The fourth-order valence-corrected chi connectivity index (χ4v) is 2.17. The molecule has 0 saturated carbocycles. The summed E-state index contributed by atoms with van der Waals surface area (Å²) in [5.74, 6) is -1.60. The first kappa shape index (κ1) is 16.1. The molecule has 108 valence electrons. The third kappa shape index (κ3) is 4.25. The summed E-state index contributed by atoms with van der Waals surface area (Å²) < 4.78 is 33.0. The van der Waals surface area contributed by atoms with Crippen LogP contribution in [0, 0.1) is 11.6 Å². The van der Waals surface area contributed by atoms with Crippen molar-refractivity contribution in [3.63, 3.8) is 0 Å². The van der Waals surface area contributed by atoms with Crippen molar-refractivity contribution in [1.29, 1.82) is 0 Å². The van der Waals surface area contributed by atoms with E-state index in [2.05, 4.69) is 5.32 Å². The van der Waals surface area contributed by atoms with Crippen molar-refractivity contribution in [1.82, 2.24) is 5.32 Å². The molecule has 0 fully saturated rings. The van der Waals surface area contributed by atoms with Gasteiger partial charge in [0.1, 0.15) is 0 Å². The van der Waals surface area contributed by atoms with Gasteiger partial charge in [0.05, 0.1) is 12.1 Å². The fraction of sp³-hybridized carbons (Fsp3) is 0.600. The van der Waals surface area contributed by atoms with E-state index in [1.807, 2.05) is 20.8 Å². The van der Waals surface area contributed by atoms with Crippen molar-refractivity contribution in [2.75, 3.05) is 13.2 Å². The van der Waals surface area contributed by atoms with E-state index in [0.717, 1.165) is 25.5 Å². The third-order valence-corrected chi connectivity index (χ3v) is 3.09. The Hall–Kier alpha value is -1.00. The van der Waals surface area contributed by atoms with E-state index in [0.29, 0.717) is 12.2 Å². The Labute approximate surface area is 114 Å². The molecule has 19 heavy (non-hydrogen) atoms. The molecule has 0 bridgehead atoms. The summed E-state index contributed by atoms with van der Waals surface area (Å²) in [6.45, 7) is 7.22. The summed E-state index contributed by atoms with van der Waals surface area (Å²) in [5.41, 5.74) is 0.341. The minimum Gasteiger partial charge on any atom is -0.377 e. The van der Waals surface area contributed by atoms with E-state index in [-0.39, 0.29) is 12.1 Å². The van der Waals surface area contributed by atoms with E-state index in [1.165, 1.54) is 6.07 Å². The topological polar surface area (TPSA) is 21.3 Å². The number of benzene rings is 1. The van der Waals surface area contributed by atoms with Crippen LogP contribution < -0.4 is 5.32 Å². The molecule has 1 aromatic carbocycles. The maximum absolute atomic E-state index is 13.9. The predicted molar refractivity (Wildman–Crippen MR) is 73.1 cm³/mol. The summed E-state index contributed by atoms with van der Waals surface area (Å²) in [7, 11) is 0. The summed E-state index contributed by atoms with van der Waals surface area (Å²) in [6, 6.07) is 3.97. The van der Waals surface area contributed by atoms with Gasteiger partial charge in [0, 0.05) is 12.2 Å². The second kappa shape index (κ2) is 8.23. The third-order valence-electron chi connectivity index (χ3n) is 3.09. The van der Waals surface area contributed by atoms with Gasteiger partial charge in [-0.2, -0.15) is 0 Å². The molecule has 0 aliphatic carbocycles. The van der Waals surface area contributed by atoms with Crippen LogP contribution in [0.15, 0.2) is 18.2 Å². The van der Waals surface area contributed by atoms with Crippen molar-refractivity contribution in [3.05, 3.63) is 35.4 Å². The molecule has 0 saturated heterocycles. The molecule has 1 aromatic rings. The van der Waals surface area contributed by atoms with E-state index in [1.54, 1.807) is 6.07 Å². The van der Waals surface area contributed by atoms with Gasteiger partial charge in [0.2, 0.25) is 0 Å². The van der Waals surface area contributed by atoms with Crippen LogP contribution in [0.1, 0.15) is 45.2 Å². The molecular weight excluding hydrogens is 248 g/mol. The smallest absolute Gasteiger partial charge is 0.163 e. The largest absolute Gasteiger partial charge is 0.377 e. The Balaban J connectivity index is 3.03. The lowest BCUT2D eigenvalue weighted by atomic mass is 9.98. The Morgan fingerprint density at radius 1 is 1.21 bits per heavy atom. The van der Waals surface area contributed by atoms with Crippen LogP contribution in [-0.2, 0) is 4.74 Å². The molecule has 0 spiro atoms. The van der Waals surface area contributed by atoms with Crippen LogP contribution in [0.3, 0.4) is 0 Å². The van der Waals surface area contributed by atoms with Crippen LogP contribution in [0.2, 0.25) is 0 Å². The van der Waals surface area contributed by atoms with Crippen LogP contribution >= 0.6 is 0 Å². The molecule has 0 heterocycles. The van der Waals surface area contributed by atoms with Gasteiger partial charge in [0.25, 0.3) is 0 Å². The fourth-order valence-electron chi connectivity index (χ4n) is 2.17. The number of rotatable bonds is 8. The summed E-state index contributed by atoms with van der Waals surface area (Å²) >= 11 is 0. The SMILES string of the molecule is CCCNC(c1cccc(F)c1F)C(CC)OCC. The van der Waals surface area contributed by atoms with Gasteiger partial charge in [-0.25, -0.2) is 8.78 Å². The Kier molecular flexibility index (Phi) is 6.95. The molecular formula is C15H23F2NO. The van der Waals surface area contributed by atoms with Gasteiger partial charge in [-0.15, -0.1) is 0 Å². The predicted octanol–water partition coefficient (Wildman–Crippen LogP) is 3.82. The quantitative estimate of drug-likeness (QED) is 0.776.